The largest absolute Gasteiger partial charge is 0.497 e. The van der Waals surface area contributed by atoms with E-state index in [0.717, 1.165) is 17.9 Å². The van der Waals surface area contributed by atoms with Gasteiger partial charge < -0.3 is 14.4 Å². The molecule has 0 fully saturated rings. The molecule has 1 N–H and O–H groups in total. The van der Waals surface area contributed by atoms with Crippen molar-refractivity contribution in [3.05, 3.63) is 59.1 Å². The maximum Gasteiger partial charge on any atom is 0.413 e. The molecule has 1 atom stereocenters. The fraction of sp³-hybridized carbons (Fsp3) is 0.316. The van der Waals surface area contributed by atoms with E-state index in [1.165, 1.54) is 0 Å². The minimum Gasteiger partial charge on any atom is -0.497 e. The molecule has 0 heterocycles. The van der Waals surface area contributed by atoms with E-state index in [4.69, 9.17) is 21.1 Å². The molecule has 2 aromatic rings. The number of methoxy groups -OCH3 is 1. The van der Waals surface area contributed by atoms with E-state index in [2.05, 4.69) is 27.9 Å². The molecule has 1 amide bonds. The van der Waals surface area contributed by atoms with Gasteiger partial charge in [-0.25, -0.2) is 4.79 Å². The highest BCUT2D eigenvalue weighted by molar-refractivity contribution is 14.1. The fourth-order valence-corrected chi connectivity index (χ4v) is 3.21. The van der Waals surface area contributed by atoms with Crippen LogP contribution in [-0.4, -0.2) is 38.7 Å². The summed E-state index contributed by atoms with van der Waals surface area (Å²) in [5, 5.41) is 3.40. The highest BCUT2D eigenvalue weighted by Gasteiger charge is 2.33. The predicted octanol–water partition coefficient (Wildman–Crippen LogP) is 5.14. The number of nitrogens with zero attached hydrogens (tertiary/aromatic N) is 1. The second kappa shape index (κ2) is 9.43. The van der Waals surface area contributed by atoms with Crippen LogP contribution >= 0.6 is 34.2 Å². The summed E-state index contributed by atoms with van der Waals surface area (Å²) in [5.74, 6) is 0.722. The second-order valence-electron chi connectivity index (χ2n) is 6.03. The normalized spacial score (nSPS) is 13.2. The van der Waals surface area contributed by atoms with Crippen LogP contribution in [0.4, 0.5) is 10.5 Å². The lowest BCUT2D eigenvalue weighted by Crippen LogP contribution is -2.32. The molecule has 0 aliphatic rings. The number of benzene rings is 2. The maximum absolute atomic E-state index is 12.5. The third-order valence-electron chi connectivity index (χ3n) is 3.75. The van der Waals surface area contributed by atoms with E-state index in [0.29, 0.717) is 17.1 Å². The van der Waals surface area contributed by atoms with Gasteiger partial charge in [-0.2, -0.15) is 0 Å². The number of anilines is 1. The molecule has 0 bridgehead atoms. The van der Waals surface area contributed by atoms with Crippen LogP contribution in [0.25, 0.3) is 0 Å². The minimum atomic E-state index is -0.802. The van der Waals surface area contributed by atoms with E-state index in [1.54, 1.807) is 43.5 Å². The molecule has 26 heavy (non-hydrogen) atoms. The van der Waals surface area contributed by atoms with Gasteiger partial charge in [0.25, 0.3) is 0 Å². The van der Waals surface area contributed by atoms with E-state index in [-0.39, 0.29) is 0 Å². The molecule has 140 valence electrons. The Labute approximate surface area is 172 Å². The Balaban J connectivity index is 2.13. The fourth-order valence-electron chi connectivity index (χ4n) is 2.29. The average molecular weight is 489 g/mol. The summed E-state index contributed by atoms with van der Waals surface area (Å²) < 4.78 is 10.1. The first-order valence-corrected chi connectivity index (χ1v) is 9.52. The number of halogens is 2. The first-order valence-electron chi connectivity index (χ1n) is 8.06. The van der Waals surface area contributed by atoms with Gasteiger partial charge in [-0.1, -0.05) is 23.7 Å². The Morgan fingerprint density at radius 2 is 1.77 bits per heavy atom. The Hall–Kier alpha value is -1.51. The molecule has 0 spiro atoms. The number of ether oxygens (including phenoxy) is 2. The second-order valence-corrected chi connectivity index (χ2v) is 8.21. The van der Waals surface area contributed by atoms with Crippen molar-refractivity contribution in [3.8, 4) is 5.75 Å². The number of alkyl halides is 1. The van der Waals surface area contributed by atoms with Gasteiger partial charge in [0.05, 0.1) is 7.11 Å². The lowest BCUT2D eigenvalue weighted by molar-refractivity contribution is 0.0875. The SMILES string of the molecule is COc1ccc(NC(=O)OC(I)(CCN(C)C)c2ccc(Cl)cc2)cc1. The van der Waals surface area contributed by atoms with Crippen molar-refractivity contribution >= 4 is 46.0 Å². The molecule has 0 saturated carbocycles. The predicted molar refractivity (Wildman–Crippen MR) is 113 cm³/mol. The van der Waals surface area contributed by atoms with Gasteiger partial charge >= 0.3 is 6.09 Å². The highest BCUT2D eigenvalue weighted by atomic mass is 127. The van der Waals surface area contributed by atoms with Crippen molar-refractivity contribution in [3.63, 3.8) is 0 Å². The van der Waals surface area contributed by atoms with Gasteiger partial charge in [-0.05, 0) is 73.1 Å². The summed E-state index contributed by atoms with van der Waals surface area (Å²) in [6.07, 6.45) is 0.122. The number of hydrogen-bond donors (Lipinski definition) is 1. The number of carbonyl (C=O) groups excluding carboxylic acids is 1. The molecule has 7 heteroatoms. The molecule has 1 unspecified atom stereocenters. The molecule has 0 radical (unpaired) electrons. The minimum absolute atomic E-state index is 0.515. The Morgan fingerprint density at radius 1 is 1.15 bits per heavy atom. The lowest BCUT2D eigenvalue weighted by atomic mass is 10.1. The quantitative estimate of drug-likeness (QED) is 0.433. The third-order valence-corrected chi connectivity index (χ3v) is 5.38. The van der Waals surface area contributed by atoms with Gasteiger partial charge in [0, 0.05) is 29.2 Å². The van der Waals surface area contributed by atoms with Crippen LogP contribution in [0, 0.1) is 0 Å². The number of rotatable bonds is 7. The smallest absolute Gasteiger partial charge is 0.413 e. The van der Waals surface area contributed by atoms with Crippen LogP contribution in [0.3, 0.4) is 0 Å². The highest BCUT2D eigenvalue weighted by Crippen LogP contribution is 2.38. The lowest BCUT2D eigenvalue weighted by Gasteiger charge is -2.29. The first kappa shape index (κ1) is 20.8. The zero-order valence-electron chi connectivity index (χ0n) is 15.0. The molecule has 0 saturated heterocycles. The zero-order valence-corrected chi connectivity index (χ0v) is 17.9. The molecule has 2 rings (SSSR count). The van der Waals surface area contributed by atoms with Gasteiger partial charge in [0.1, 0.15) is 5.75 Å². The van der Waals surface area contributed by atoms with Gasteiger partial charge in [0.2, 0.25) is 0 Å². The van der Waals surface area contributed by atoms with Crippen LogP contribution in [-0.2, 0) is 8.34 Å². The van der Waals surface area contributed by atoms with Crippen molar-refractivity contribution < 1.29 is 14.3 Å². The van der Waals surface area contributed by atoms with Crippen molar-refractivity contribution in [2.75, 3.05) is 33.1 Å². The average Bonchev–Trinajstić information content (AvgIpc) is 2.61. The Morgan fingerprint density at radius 3 is 2.31 bits per heavy atom. The third kappa shape index (κ3) is 6.03. The van der Waals surface area contributed by atoms with Crippen molar-refractivity contribution in [2.24, 2.45) is 0 Å². The number of amides is 1. The standard InChI is InChI=1S/C19H22ClIN2O3/c1-23(2)13-12-19(21,14-4-6-15(20)7-5-14)26-18(24)22-16-8-10-17(25-3)11-9-16/h4-11H,12-13H2,1-3H3,(H,22,24). The molecular formula is C19H22ClIN2O3. The summed E-state index contributed by atoms with van der Waals surface area (Å²) in [6, 6.07) is 14.4. The molecule has 5 nitrogen and oxygen atoms in total. The summed E-state index contributed by atoms with van der Waals surface area (Å²) in [4.78, 5) is 14.5. The van der Waals surface area contributed by atoms with Crippen LogP contribution in [0.2, 0.25) is 5.02 Å². The van der Waals surface area contributed by atoms with Crippen LogP contribution in [0.15, 0.2) is 48.5 Å². The molecule has 0 aliphatic carbocycles. The van der Waals surface area contributed by atoms with E-state index in [1.807, 2.05) is 31.1 Å². The van der Waals surface area contributed by atoms with E-state index < -0.39 is 9.70 Å². The molecular weight excluding hydrogens is 467 g/mol. The maximum atomic E-state index is 12.5. The van der Waals surface area contributed by atoms with Crippen LogP contribution < -0.4 is 10.1 Å². The first-order chi connectivity index (χ1) is 12.3. The van der Waals surface area contributed by atoms with Crippen molar-refractivity contribution in [2.45, 2.75) is 10.0 Å². The summed E-state index contributed by atoms with van der Waals surface area (Å²) in [7, 11) is 5.56. The molecule has 0 aromatic heterocycles. The van der Waals surface area contributed by atoms with Crippen molar-refractivity contribution in [1.82, 2.24) is 4.90 Å². The monoisotopic (exact) mass is 488 g/mol. The number of hydrogen-bond acceptors (Lipinski definition) is 4. The summed E-state index contributed by atoms with van der Waals surface area (Å²) >= 11 is 8.17. The number of carbonyl (C=O) groups is 1. The van der Waals surface area contributed by atoms with Gasteiger partial charge in [0.15, 0.2) is 3.61 Å². The summed E-state index contributed by atoms with van der Waals surface area (Å²) in [6.45, 7) is 0.765. The van der Waals surface area contributed by atoms with Gasteiger partial charge in [-0.15, -0.1) is 0 Å². The van der Waals surface area contributed by atoms with E-state index >= 15 is 0 Å². The van der Waals surface area contributed by atoms with Gasteiger partial charge in [-0.3, -0.25) is 5.32 Å². The zero-order chi connectivity index (χ0) is 19.2. The molecule has 0 aliphatic heterocycles. The number of nitrogens with one attached hydrogen (secondary N) is 1. The van der Waals surface area contributed by atoms with Crippen molar-refractivity contribution in [1.29, 1.82) is 0 Å². The Bertz CT molecular complexity index is 723. The Kier molecular flexibility index (Phi) is 7.55. The van der Waals surface area contributed by atoms with E-state index in [9.17, 15) is 4.79 Å². The molecule has 2 aromatic carbocycles. The summed E-state index contributed by atoms with van der Waals surface area (Å²) in [5.41, 5.74) is 1.52. The van der Waals surface area contributed by atoms with Crippen LogP contribution in [0.1, 0.15) is 12.0 Å². The topological polar surface area (TPSA) is 50.8 Å². The van der Waals surface area contributed by atoms with Crippen LogP contribution in [0.5, 0.6) is 5.75 Å².